The maximum absolute atomic E-state index is 13.9. The minimum atomic E-state index is -4.73. The Morgan fingerprint density at radius 1 is 1.06 bits per heavy atom. The van der Waals surface area contributed by atoms with E-state index in [0.717, 1.165) is 28.6 Å². The maximum Gasteiger partial charge on any atom is 0.416 e. The summed E-state index contributed by atoms with van der Waals surface area (Å²) in [6.45, 7) is 1.41. The fourth-order valence-electron chi connectivity index (χ4n) is 3.52. The summed E-state index contributed by atoms with van der Waals surface area (Å²) in [6, 6.07) is 9.17. The fraction of sp³-hybridized carbons (Fsp3) is 0.182. The molecule has 1 heterocycles. The zero-order valence-corrected chi connectivity index (χ0v) is 18.4. The number of nitrogens with zero attached hydrogens (tertiary/aromatic N) is 1. The summed E-state index contributed by atoms with van der Waals surface area (Å²) >= 11 is 5.98. The van der Waals surface area contributed by atoms with Gasteiger partial charge in [0.1, 0.15) is 23.5 Å². The summed E-state index contributed by atoms with van der Waals surface area (Å²) in [5, 5.41) is -0.367. The first kappa shape index (κ1) is 23.3. The van der Waals surface area contributed by atoms with Gasteiger partial charge in [0.25, 0.3) is 10.0 Å². The summed E-state index contributed by atoms with van der Waals surface area (Å²) in [5.41, 5.74) is -0.934. The lowest BCUT2D eigenvalue weighted by Gasteiger charge is -2.34. The van der Waals surface area contributed by atoms with Gasteiger partial charge >= 0.3 is 6.18 Å². The molecule has 0 radical (unpaired) electrons. The van der Waals surface area contributed by atoms with Crippen molar-refractivity contribution in [2.24, 2.45) is 0 Å². The molecule has 0 aliphatic carbocycles. The van der Waals surface area contributed by atoms with Crippen LogP contribution in [-0.2, 0) is 16.2 Å². The molecule has 11 heteroatoms. The van der Waals surface area contributed by atoms with Crippen molar-refractivity contribution in [2.75, 3.05) is 10.8 Å². The van der Waals surface area contributed by atoms with Crippen LogP contribution in [0.3, 0.4) is 0 Å². The third kappa shape index (κ3) is 4.37. The van der Waals surface area contributed by atoms with E-state index in [1.807, 2.05) is 0 Å². The average molecular weight is 504 g/mol. The second-order valence-corrected chi connectivity index (χ2v) is 9.66. The number of halogens is 6. The number of hydrogen-bond acceptors (Lipinski definition) is 3. The summed E-state index contributed by atoms with van der Waals surface area (Å²) < 4.78 is 100. The Bertz CT molecular complexity index is 1340. The minimum Gasteiger partial charge on any atom is -0.487 e. The number of fused-ring (bicyclic) bond motifs is 1. The lowest BCUT2D eigenvalue weighted by atomic mass is 10.0. The molecule has 0 saturated heterocycles. The van der Waals surface area contributed by atoms with Crippen molar-refractivity contribution in [2.45, 2.75) is 24.1 Å². The number of ether oxygens (including phenoxy) is 1. The second-order valence-electron chi connectivity index (χ2n) is 7.42. The molecular formula is C22H15ClF5NO3S. The molecule has 174 valence electrons. The Kier molecular flexibility index (Phi) is 5.78. The maximum atomic E-state index is 13.9. The van der Waals surface area contributed by atoms with Gasteiger partial charge in [-0.2, -0.15) is 13.2 Å². The second kappa shape index (κ2) is 8.18. The molecule has 1 aliphatic heterocycles. The lowest BCUT2D eigenvalue weighted by molar-refractivity contribution is -0.137. The first-order chi connectivity index (χ1) is 15.4. The number of benzene rings is 3. The zero-order valence-electron chi connectivity index (χ0n) is 16.8. The quantitative estimate of drug-likeness (QED) is 0.312. The minimum absolute atomic E-state index is 0.00347. The van der Waals surface area contributed by atoms with Crippen molar-refractivity contribution in [3.05, 3.63) is 76.8 Å². The zero-order chi connectivity index (χ0) is 24.1. The molecule has 0 N–H and O–H groups in total. The van der Waals surface area contributed by atoms with Gasteiger partial charge in [0.2, 0.25) is 0 Å². The molecular weight excluding hydrogens is 489 g/mol. The van der Waals surface area contributed by atoms with Crippen molar-refractivity contribution in [3.63, 3.8) is 0 Å². The highest BCUT2D eigenvalue weighted by molar-refractivity contribution is 7.92. The Labute approximate surface area is 191 Å². The Hall–Kier alpha value is -2.85. The summed E-state index contributed by atoms with van der Waals surface area (Å²) in [6.07, 6.45) is -5.34. The number of alkyl halides is 3. The van der Waals surface area contributed by atoms with Crippen LogP contribution in [0.5, 0.6) is 5.75 Å². The van der Waals surface area contributed by atoms with Gasteiger partial charge in [-0.15, -0.1) is 0 Å². The fourth-order valence-corrected chi connectivity index (χ4v) is 5.33. The highest BCUT2D eigenvalue weighted by atomic mass is 35.5. The van der Waals surface area contributed by atoms with E-state index >= 15 is 0 Å². The smallest absolute Gasteiger partial charge is 0.416 e. The number of rotatable bonds is 3. The number of sulfonamides is 1. The molecule has 1 atom stereocenters. The Morgan fingerprint density at radius 3 is 2.48 bits per heavy atom. The first-order valence-electron chi connectivity index (χ1n) is 9.53. The van der Waals surface area contributed by atoms with Gasteiger partial charge in [-0.1, -0.05) is 23.7 Å². The molecule has 0 fully saturated rings. The summed E-state index contributed by atoms with van der Waals surface area (Å²) in [5.74, 6) is -1.74. The molecule has 4 rings (SSSR count). The van der Waals surface area contributed by atoms with E-state index in [2.05, 4.69) is 0 Å². The third-order valence-electron chi connectivity index (χ3n) is 5.03. The summed E-state index contributed by atoms with van der Waals surface area (Å²) in [7, 11) is -4.44. The van der Waals surface area contributed by atoms with Gasteiger partial charge in [-0.05, 0) is 48.9 Å². The molecule has 0 aromatic heterocycles. The average Bonchev–Trinajstić information content (AvgIpc) is 2.75. The van der Waals surface area contributed by atoms with Crippen LogP contribution in [-0.4, -0.2) is 21.1 Å². The standard InChI is InChI=1S/C22H15ClF5NO3S/c1-12-11-29(33(30,31)16-4-2-3-14(8-16)22(26,27)28)19-7-13(5-6-20(19)32-12)17-9-15(24)10-18(25)21(17)23/h2-10,12H,11H2,1H3. The predicted molar refractivity (Wildman–Crippen MR) is 113 cm³/mol. The normalized spacial score (nSPS) is 16.3. The van der Waals surface area contributed by atoms with Gasteiger partial charge in [0, 0.05) is 11.6 Å². The molecule has 0 spiro atoms. The van der Waals surface area contributed by atoms with Crippen LogP contribution in [0, 0.1) is 11.6 Å². The third-order valence-corrected chi connectivity index (χ3v) is 7.19. The van der Waals surface area contributed by atoms with Crippen LogP contribution in [0.25, 0.3) is 11.1 Å². The van der Waals surface area contributed by atoms with Crippen molar-refractivity contribution < 1.29 is 35.1 Å². The van der Waals surface area contributed by atoms with Crippen LogP contribution in [0.4, 0.5) is 27.6 Å². The number of anilines is 1. The molecule has 0 amide bonds. The van der Waals surface area contributed by atoms with Crippen LogP contribution >= 0.6 is 11.6 Å². The molecule has 1 unspecified atom stereocenters. The van der Waals surface area contributed by atoms with E-state index in [0.29, 0.717) is 12.1 Å². The number of hydrogen-bond donors (Lipinski definition) is 0. The van der Waals surface area contributed by atoms with E-state index in [1.165, 1.54) is 18.2 Å². The van der Waals surface area contributed by atoms with E-state index in [-0.39, 0.29) is 34.1 Å². The van der Waals surface area contributed by atoms with Crippen molar-refractivity contribution >= 4 is 27.3 Å². The molecule has 0 bridgehead atoms. The van der Waals surface area contributed by atoms with E-state index in [9.17, 15) is 30.4 Å². The van der Waals surface area contributed by atoms with Crippen LogP contribution in [0.2, 0.25) is 5.02 Å². The Morgan fingerprint density at radius 2 is 1.79 bits per heavy atom. The van der Waals surface area contributed by atoms with Crippen LogP contribution in [0.15, 0.2) is 59.5 Å². The molecule has 3 aromatic carbocycles. The SMILES string of the molecule is CC1CN(S(=O)(=O)c2cccc(C(F)(F)F)c2)c2cc(-c3cc(F)cc(F)c3Cl)ccc2O1. The Balaban J connectivity index is 1.86. The van der Waals surface area contributed by atoms with E-state index in [1.54, 1.807) is 6.92 Å². The molecule has 4 nitrogen and oxygen atoms in total. The van der Waals surface area contributed by atoms with Gasteiger partial charge in [-0.3, -0.25) is 4.31 Å². The van der Waals surface area contributed by atoms with E-state index in [4.69, 9.17) is 16.3 Å². The highest BCUT2D eigenvalue weighted by Crippen LogP contribution is 2.42. The van der Waals surface area contributed by atoms with Crippen molar-refractivity contribution in [1.82, 2.24) is 0 Å². The molecule has 33 heavy (non-hydrogen) atoms. The monoisotopic (exact) mass is 503 g/mol. The molecule has 3 aromatic rings. The lowest BCUT2D eigenvalue weighted by Crippen LogP contribution is -2.42. The van der Waals surface area contributed by atoms with Crippen molar-refractivity contribution in [3.8, 4) is 16.9 Å². The van der Waals surface area contributed by atoms with Crippen LogP contribution < -0.4 is 9.04 Å². The molecule has 0 saturated carbocycles. The highest BCUT2D eigenvalue weighted by Gasteiger charge is 2.36. The van der Waals surface area contributed by atoms with Gasteiger partial charge in [0.15, 0.2) is 0 Å². The van der Waals surface area contributed by atoms with Crippen LogP contribution in [0.1, 0.15) is 12.5 Å². The van der Waals surface area contributed by atoms with Gasteiger partial charge in [0.05, 0.1) is 27.7 Å². The predicted octanol–water partition coefficient (Wildman–Crippen LogP) is 6.28. The topological polar surface area (TPSA) is 46.6 Å². The van der Waals surface area contributed by atoms with Gasteiger partial charge < -0.3 is 4.74 Å². The first-order valence-corrected chi connectivity index (χ1v) is 11.4. The summed E-state index contributed by atoms with van der Waals surface area (Å²) in [4.78, 5) is -0.558. The van der Waals surface area contributed by atoms with Gasteiger partial charge in [-0.25, -0.2) is 17.2 Å². The van der Waals surface area contributed by atoms with E-state index < -0.39 is 44.4 Å². The largest absolute Gasteiger partial charge is 0.487 e. The molecule has 1 aliphatic rings. The van der Waals surface area contributed by atoms with Crippen molar-refractivity contribution in [1.29, 1.82) is 0 Å².